The summed E-state index contributed by atoms with van der Waals surface area (Å²) in [5, 5.41) is 1.99. The van der Waals surface area contributed by atoms with Crippen molar-refractivity contribution in [2.75, 3.05) is 20.3 Å². The molecule has 0 saturated heterocycles. The average Bonchev–Trinajstić information content (AvgIpc) is 3.10. The molecule has 0 atom stereocenters. The van der Waals surface area contributed by atoms with Crippen LogP contribution in [0.15, 0.2) is 58.9 Å². The number of aromatic nitrogens is 1. The van der Waals surface area contributed by atoms with E-state index in [1.165, 1.54) is 23.5 Å². The van der Waals surface area contributed by atoms with Crippen molar-refractivity contribution in [1.82, 2.24) is 4.57 Å². The molecule has 154 valence electrons. The van der Waals surface area contributed by atoms with Crippen LogP contribution < -0.4 is 14.3 Å². The van der Waals surface area contributed by atoms with Crippen LogP contribution in [0.5, 0.6) is 11.5 Å². The lowest BCUT2D eigenvalue weighted by Crippen LogP contribution is -2.18. The minimum Gasteiger partial charge on any atom is -0.494 e. The maximum absolute atomic E-state index is 12.4. The lowest BCUT2D eigenvalue weighted by Gasteiger charge is -2.10. The predicted molar refractivity (Wildman–Crippen MR) is 109 cm³/mol. The van der Waals surface area contributed by atoms with Crippen molar-refractivity contribution in [2.45, 2.75) is 20.1 Å². The number of thiazole rings is 1. The highest BCUT2D eigenvalue weighted by atomic mass is 32.1. The topological polar surface area (TPSA) is 45.0 Å². The second-order valence-electron chi connectivity index (χ2n) is 5.99. The van der Waals surface area contributed by atoms with Gasteiger partial charge in [-0.1, -0.05) is 0 Å². The van der Waals surface area contributed by atoms with Crippen molar-refractivity contribution in [3.05, 3.63) is 58.7 Å². The largest absolute Gasteiger partial charge is 0.494 e. The van der Waals surface area contributed by atoms with Crippen molar-refractivity contribution in [3.8, 4) is 22.8 Å². The number of nitrogens with zero attached hydrogens (tertiary/aromatic N) is 2. The molecule has 0 fully saturated rings. The molecule has 3 rings (SSSR count). The summed E-state index contributed by atoms with van der Waals surface area (Å²) in [6.07, 6.45) is 0. The Bertz CT molecular complexity index is 967. The highest BCUT2D eigenvalue weighted by Gasteiger charge is 2.10. The Morgan fingerprint density at radius 2 is 1.72 bits per heavy atom. The third-order valence-electron chi connectivity index (χ3n) is 4.06. The van der Waals surface area contributed by atoms with Crippen LogP contribution in [0.2, 0.25) is 0 Å². The van der Waals surface area contributed by atoms with Gasteiger partial charge in [-0.05, 0) is 61.0 Å². The van der Waals surface area contributed by atoms with Gasteiger partial charge in [0.05, 0.1) is 24.6 Å². The van der Waals surface area contributed by atoms with Gasteiger partial charge < -0.3 is 18.8 Å². The number of benzene rings is 2. The number of hydrogen-bond donors (Lipinski definition) is 0. The van der Waals surface area contributed by atoms with Crippen LogP contribution in [0.1, 0.15) is 6.92 Å². The standard InChI is InChI=1S/C21H22F2N2O3S/c1-3-27-17-10-6-16(7-11-17)24-21-25(12-13-26-2)19(14-29-21)15-4-8-18(9-5-15)28-20(22)23/h4-11,14,20H,3,12-13H2,1-2H3. The van der Waals surface area contributed by atoms with Gasteiger partial charge in [-0.15, -0.1) is 11.3 Å². The summed E-state index contributed by atoms with van der Waals surface area (Å²) in [5.41, 5.74) is 2.63. The smallest absolute Gasteiger partial charge is 0.387 e. The molecule has 0 unspecified atom stereocenters. The molecule has 3 aromatic rings. The Morgan fingerprint density at radius 1 is 1.03 bits per heavy atom. The van der Waals surface area contributed by atoms with Gasteiger partial charge in [-0.2, -0.15) is 8.78 Å². The molecule has 0 aliphatic rings. The van der Waals surface area contributed by atoms with E-state index in [4.69, 9.17) is 14.5 Å². The summed E-state index contributed by atoms with van der Waals surface area (Å²) >= 11 is 1.50. The molecule has 0 N–H and O–H groups in total. The van der Waals surface area contributed by atoms with E-state index < -0.39 is 6.61 Å². The number of halogens is 2. The van der Waals surface area contributed by atoms with E-state index >= 15 is 0 Å². The summed E-state index contributed by atoms with van der Waals surface area (Å²) in [6.45, 7) is 0.847. The van der Waals surface area contributed by atoms with Crippen molar-refractivity contribution in [1.29, 1.82) is 0 Å². The first-order valence-electron chi connectivity index (χ1n) is 9.10. The molecule has 8 heteroatoms. The van der Waals surface area contributed by atoms with Crippen LogP contribution in [0, 0.1) is 0 Å². The Balaban J connectivity index is 1.93. The lowest BCUT2D eigenvalue weighted by atomic mass is 10.1. The van der Waals surface area contributed by atoms with Crippen LogP contribution in [-0.4, -0.2) is 31.5 Å². The van der Waals surface area contributed by atoms with Crippen LogP contribution in [0.4, 0.5) is 14.5 Å². The molecule has 0 aliphatic carbocycles. The van der Waals surface area contributed by atoms with Crippen LogP contribution in [0.3, 0.4) is 0 Å². The van der Waals surface area contributed by atoms with E-state index in [1.54, 1.807) is 19.2 Å². The second kappa shape index (κ2) is 10.2. The Kier molecular flexibility index (Phi) is 7.37. The summed E-state index contributed by atoms with van der Waals surface area (Å²) in [6, 6.07) is 14.2. The van der Waals surface area contributed by atoms with Gasteiger partial charge in [-0.3, -0.25) is 0 Å². The molecule has 2 aromatic carbocycles. The molecule has 0 spiro atoms. The van der Waals surface area contributed by atoms with Gasteiger partial charge in [0.1, 0.15) is 11.5 Å². The molecule has 0 saturated carbocycles. The zero-order valence-electron chi connectivity index (χ0n) is 16.2. The summed E-state index contributed by atoms with van der Waals surface area (Å²) < 4.78 is 41.9. The molecule has 0 radical (unpaired) electrons. The van der Waals surface area contributed by atoms with Crippen molar-refractivity contribution in [2.24, 2.45) is 4.99 Å². The molecule has 0 amide bonds. The van der Waals surface area contributed by atoms with Gasteiger partial charge in [0.15, 0.2) is 4.80 Å². The first-order chi connectivity index (χ1) is 14.1. The molecular formula is C21H22F2N2O3S. The SMILES string of the molecule is CCOc1ccc(N=c2scc(-c3ccc(OC(F)F)cc3)n2CCOC)cc1. The minimum absolute atomic E-state index is 0.127. The van der Waals surface area contributed by atoms with Crippen LogP contribution in [-0.2, 0) is 11.3 Å². The van der Waals surface area contributed by atoms with Gasteiger partial charge in [0.25, 0.3) is 0 Å². The fraction of sp³-hybridized carbons (Fsp3) is 0.286. The Labute approximate surface area is 171 Å². The maximum Gasteiger partial charge on any atom is 0.387 e. The zero-order chi connectivity index (χ0) is 20.6. The van der Waals surface area contributed by atoms with Gasteiger partial charge in [-0.25, -0.2) is 4.99 Å². The van der Waals surface area contributed by atoms with Crippen LogP contribution in [0.25, 0.3) is 11.3 Å². The fourth-order valence-electron chi connectivity index (χ4n) is 2.75. The van der Waals surface area contributed by atoms with Crippen molar-refractivity contribution < 1.29 is 23.0 Å². The van der Waals surface area contributed by atoms with E-state index in [0.717, 1.165) is 27.5 Å². The van der Waals surface area contributed by atoms with E-state index in [-0.39, 0.29) is 5.75 Å². The van der Waals surface area contributed by atoms with E-state index in [1.807, 2.05) is 41.1 Å². The average molecular weight is 420 g/mol. The normalized spacial score (nSPS) is 11.8. The quantitative estimate of drug-likeness (QED) is 0.484. The monoisotopic (exact) mass is 420 g/mol. The molecular weight excluding hydrogens is 398 g/mol. The van der Waals surface area contributed by atoms with Gasteiger partial charge >= 0.3 is 6.61 Å². The predicted octanol–water partition coefficient (Wildman–Crippen LogP) is 5.10. The maximum atomic E-state index is 12.4. The first-order valence-corrected chi connectivity index (χ1v) is 9.98. The highest BCUT2D eigenvalue weighted by Crippen LogP contribution is 2.25. The van der Waals surface area contributed by atoms with E-state index in [0.29, 0.717) is 19.8 Å². The van der Waals surface area contributed by atoms with Crippen LogP contribution >= 0.6 is 11.3 Å². The minimum atomic E-state index is -2.84. The summed E-state index contributed by atoms with van der Waals surface area (Å²) in [7, 11) is 1.65. The van der Waals surface area contributed by atoms with Gasteiger partial charge in [0, 0.05) is 19.0 Å². The first kappa shape index (κ1) is 21.0. The highest BCUT2D eigenvalue weighted by molar-refractivity contribution is 7.07. The Morgan fingerprint density at radius 3 is 2.34 bits per heavy atom. The summed E-state index contributed by atoms with van der Waals surface area (Å²) in [5.74, 6) is 0.929. The lowest BCUT2D eigenvalue weighted by molar-refractivity contribution is -0.0498. The third kappa shape index (κ3) is 5.65. The third-order valence-corrected chi connectivity index (χ3v) is 4.93. The molecule has 0 aliphatic heterocycles. The van der Waals surface area contributed by atoms with Crippen molar-refractivity contribution in [3.63, 3.8) is 0 Å². The molecule has 1 heterocycles. The van der Waals surface area contributed by atoms with E-state index in [2.05, 4.69) is 4.74 Å². The molecule has 0 bridgehead atoms. The zero-order valence-corrected chi connectivity index (χ0v) is 17.0. The summed E-state index contributed by atoms with van der Waals surface area (Å²) in [4.78, 5) is 5.56. The Hall–Kier alpha value is -2.71. The van der Waals surface area contributed by atoms with Gasteiger partial charge in [0.2, 0.25) is 0 Å². The molecule has 1 aromatic heterocycles. The molecule has 29 heavy (non-hydrogen) atoms. The number of rotatable bonds is 9. The van der Waals surface area contributed by atoms with E-state index in [9.17, 15) is 8.78 Å². The second-order valence-corrected chi connectivity index (χ2v) is 6.83. The molecule has 5 nitrogen and oxygen atoms in total. The number of methoxy groups -OCH3 is 1. The number of ether oxygens (including phenoxy) is 3. The number of hydrogen-bond acceptors (Lipinski definition) is 5. The number of alkyl halides is 2. The van der Waals surface area contributed by atoms with Crippen molar-refractivity contribution >= 4 is 17.0 Å². The fourth-order valence-corrected chi connectivity index (χ4v) is 3.70.